The van der Waals surface area contributed by atoms with Crippen molar-refractivity contribution in [2.24, 2.45) is 5.92 Å². The van der Waals surface area contributed by atoms with Crippen LogP contribution in [0.2, 0.25) is 0 Å². The van der Waals surface area contributed by atoms with Gasteiger partial charge in [0.25, 0.3) is 0 Å². The third-order valence-electron chi connectivity index (χ3n) is 3.32. The molecule has 19 heavy (non-hydrogen) atoms. The van der Waals surface area contributed by atoms with Gasteiger partial charge in [0.2, 0.25) is 5.91 Å². The zero-order chi connectivity index (χ0) is 13.4. The molecule has 0 unspecified atom stereocenters. The molecule has 0 atom stereocenters. The van der Waals surface area contributed by atoms with Crippen LogP contribution in [-0.4, -0.2) is 22.0 Å². The minimum atomic E-state index is 0.181. The fourth-order valence-electron chi connectivity index (χ4n) is 2.14. The zero-order valence-electron chi connectivity index (χ0n) is 10.3. The Labute approximate surface area is 129 Å². The molecule has 2 N–H and O–H groups in total. The summed E-state index contributed by atoms with van der Waals surface area (Å²) in [6.45, 7) is 1.33. The summed E-state index contributed by atoms with van der Waals surface area (Å²) in [7, 11) is 0. The number of hydrogen-bond donors (Lipinski definition) is 2. The Morgan fingerprint density at radius 2 is 2.32 bits per heavy atom. The number of aromatic amines is 1. The maximum Gasteiger partial charge on any atom is 0.223 e. The lowest BCUT2D eigenvalue weighted by Gasteiger charge is -2.06. The maximum absolute atomic E-state index is 11.6. The van der Waals surface area contributed by atoms with Gasteiger partial charge in [-0.3, -0.25) is 4.79 Å². The molecule has 6 heteroatoms. The fourth-order valence-corrected chi connectivity index (χ4v) is 2.93. The van der Waals surface area contributed by atoms with Crippen molar-refractivity contribution in [3.8, 4) is 0 Å². The standard InChI is InChI=1S/C13H14IN3OS/c14-9-3-4-11-10(7-9)16-13(19)17(11)6-5-15-12(18)8-1-2-8/h3-4,7-8H,1-2,5-6H2,(H,15,18)(H,16,19). The first-order valence-electron chi connectivity index (χ1n) is 6.31. The minimum Gasteiger partial charge on any atom is -0.354 e. The lowest BCUT2D eigenvalue weighted by molar-refractivity contribution is -0.122. The second-order valence-electron chi connectivity index (χ2n) is 4.81. The number of H-pyrrole nitrogens is 1. The summed E-state index contributed by atoms with van der Waals surface area (Å²) < 4.78 is 3.92. The number of benzene rings is 1. The topological polar surface area (TPSA) is 49.8 Å². The van der Waals surface area contributed by atoms with Crippen LogP contribution in [0.4, 0.5) is 0 Å². The predicted octanol–water partition coefficient (Wildman–Crippen LogP) is 2.83. The molecule has 4 nitrogen and oxygen atoms in total. The number of rotatable bonds is 4. The largest absolute Gasteiger partial charge is 0.354 e. The average Bonchev–Trinajstić information content (AvgIpc) is 3.16. The number of aromatic nitrogens is 2. The molecule has 100 valence electrons. The van der Waals surface area contributed by atoms with Gasteiger partial charge < -0.3 is 14.9 Å². The van der Waals surface area contributed by atoms with E-state index >= 15 is 0 Å². The van der Waals surface area contributed by atoms with Crippen molar-refractivity contribution in [3.63, 3.8) is 0 Å². The van der Waals surface area contributed by atoms with Gasteiger partial charge in [-0.2, -0.15) is 0 Å². The van der Waals surface area contributed by atoms with Gasteiger partial charge in [-0.15, -0.1) is 0 Å². The quantitative estimate of drug-likeness (QED) is 0.626. The molecule has 1 heterocycles. The highest BCUT2D eigenvalue weighted by Crippen LogP contribution is 2.28. The second-order valence-corrected chi connectivity index (χ2v) is 6.44. The number of amides is 1. The number of halogens is 1. The van der Waals surface area contributed by atoms with Gasteiger partial charge in [-0.1, -0.05) is 0 Å². The number of fused-ring (bicyclic) bond motifs is 1. The van der Waals surface area contributed by atoms with Crippen molar-refractivity contribution >= 4 is 51.7 Å². The summed E-state index contributed by atoms with van der Waals surface area (Å²) in [5.74, 6) is 0.443. The number of carbonyl (C=O) groups excluding carboxylic acids is 1. The lowest BCUT2D eigenvalue weighted by atomic mass is 10.3. The Morgan fingerprint density at radius 3 is 3.05 bits per heavy atom. The molecule has 0 radical (unpaired) electrons. The third-order valence-corrected chi connectivity index (χ3v) is 4.31. The maximum atomic E-state index is 11.6. The molecule has 0 spiro atoms. The summed E-state index contributed by atoms with van der Waals surface area (Å²) in [5, 5.41) is 2.96. The Bertz CT molecular complexity index is 687. The van der Waals surface area contributed by atoms with Gasteiger partial charge in [0.1, 0.15) is 0 Å². The normalized spacial score (nSPS) is 14.8. The molecule has 1 saturated carbocycles. The fraction of sp³-hybridized carbons (Fsp3) is 0.385. The first-order valence-corrected chi connectivity index (χ1v) is 7.79. The molecule has 1 aliphatic carbocycles. The van der Waals surface area contributed by atoms with Crippen LogP contribution in [0.15, 0.2) is 18.2 Å². The average molecular weight is 387 g/mol. The molecule has 1 aromatic carbocycles. The van der Waals surface area contributed by atoms with Crippen LogP contribution >= 0.6 is 34.8 Å². The predicted molar refractivity (Wildman–Crippen MR) is 85.6 cm³/mol. The van der Waals surface area contributed by atoms with Crippen molar-refractivity contribution in [1.29, 1.82) is 0 Å². The highest BCUT2D eigenvalue weighted by atomic mass is 127. The van der Waals surface area contributed by atoms with Gasteiger partial charge in [-0.25, -0.2) is 0 Å². The third kappa shape index (κ3) is 2.84. The molecule has 0 bridgehead atoms. The summed E-state index contributed by atoms with van der Waals surface area (Å²) in [5.41, 5.74) is 2.14. The van der Waals surface area contributed by atoms with Crippen LogP contribution in [0.25, 0.3) is 11.0 Å². The van der Waals surface area contributed by atoms with Crippen LogP contribution < -0.4 is 5.32 Å². The Balaban J connectivity index is 1.74. The van der Waals surface area contributed by atoms with E-state index in [9.17, 15) is 4.79 Å². The highest BCUT2D eigenvalue weighted by Gasteiger charge is 2.29. The zero-order valence-corrected chi connectivity index (χ0v) is 13.3. The van der Waals surface area contributed by atoms with Gasteiger partial charge in [0, 0.05) is 22.6 Å². The number of nitrogens with zero attached hydrogens (tertiary/aromatic N) is 1. The van der Waals surface area contributed by atoms with Crippen molar-refractivity contribution in [3.05, 3.63) is 26.5 Å². The Kier molecular flexibility index (Phi) is 3.62. The van der Waals surface area contributed by atoms with Crippen LogP contribution in [0.1, 0.15) is 12.8 Å². The number of nitrogens with one attached hydrogen (secondary N) is 2. The number of carbonyl (C=O) groups is 1. The number of imidazole rings is 1. The summed E-state index contributed by atoms with van der Waals surface area (Å²) in [4.78, 5) is 14.8. The molecular weight excluding hydrogens is 373 g/mol. The molecule has 2 aromatic rings. The van der Waals surface area contributed by atoms with Gasteiger partial charge in [-0.05, 0) is 65.8 Å². The Morgan fingerprint density at radius 1 is 1.53 bits per heavy atom. The molecule has 1 fully saturated rings. The lowest BCUT2D eigenvalue weighted by Crippen LogP contribution is -2.28. The number of hydrogen-bond acceptors (Lipinski definition) is 2. The van der Waals surface area contributed by atoms with Crippen LogP contribution in [0.5, 0.6) is 0 Å². The van der Waals surface area contributed by atoms with Crippen molar-refractivity contribution in [2.45, 2.75) is 19.4 Å². The molecule has 3 rings (SSSR count). The van der Waals surface area contributed by atoms with E-state index in [1.165, 1.54) is 3.57 Å². The van der Waals surface area contributed by atoms with Gasteiger partial charge >= 0.3 is 0 Å². The van der Waals surface area contributed by atoms with E-state index < -0.39 is 0 Å². The van der Waals surface area contributed by atoms with Crippen LogP contribution in [0.3, 0.4) is 0 Å². The van der Waals surface area contributed by atoms with Crippen LogP contribution in [0, 0.1) is 14.3 Å². The van der Waals surface area contributed by atoms with Gasteiger partial charge in [0.05, 0.1) is 11.0 Å². The van der Waals surface area contributed by atoms with Gasteiger partial charge in [0.15, 0.2) is 4.77 Å². The molecule has 0 saturated heterocycles. The minimum absolute atomic E-state index is 0.181. The monoisotopic (exact) mass is 387 g/mol. The smallest absolute Gasteiger partial charge is 0.223 e. The van der Waals surface area contributed by atoms with Crippen molar-refractivity contribution in [2.75, 3.05) is 6.54 Å². The van der Waals surface area contributed by atoms with E-state index in [2.05, 4.69) is 51.1 Å². The van der Waals surface area contributed by atoms with E-state index in [-0.39, 0.29) is 11.8 Å². The van der Waals surface area contributed by atoms with Crippen LogP contribution in [-0.2, 0) is 11.3 Å². The first-order chi connectivity index (χ1) is 9.15. The van der Waals surface area contributed by atoms with Crippen molar-refractivity contribution in [1.82, 2.24) is 14.9 Å². The highest BCUT2D eigenvalue weighted by molar-refractivity contribution is 14.1. The molecule has 0 aliphatic heterocycles. The van der Waals surface area contributed by atoms with Crippen molar-refractivity contribution < 1.29 is 4.79 Å². The molecular formula is C13H14IN3OS. The van der Waals surface area contributed by atoms with E-state index in [0.717, 1.165) is 23.9 Å². The molecule has 1 amide bonds. The summed E-state index contributed by atoms with van der Waals surface area (Å²) >= 11 is 7.61. The molecule has 1 aromatic heterocycles. The summed E-state index contributed by atoms with van der Waals surface area (Å²) in [6, 6.07) is 6.20. The first kappa shape index (κ1) is 13.1. The summed E-state index contributed by atoms with van der Waals surface area (Å²) in [6.07, 6.45) is 2.08. The Hall–Kier alpha value is -0.890. The van der Waals surface area contributed by atoms with E-state index in [1.54, 1.807) is 0 Å². The second kappa shape index (κ2) is 5.24. The van der Waals surface area contributed by atoms with E-state index in [1.807, 2.05) is 4.57 Å². The SMILES string of the molecule is O=C(NCCn1c(=S)[nH]c2cc(I)ccc21)C1CC1. The van der Waals surface area contributed by atoms with E-state index in [4.69, 9.17) is 12.2 Å². The van der Waals surface area contributed by atoms with E-state index in [0.29, 0.717) is 17.9 Å². The molecule has 1 aliphatic rings.